The van der Waals surface area contributed by atoms with Gasteiger partial charge in [0, 0.05) is 0 Å². The van der Waals surface area contributed by atoms with E-state index in [0.29, 0.717) is 0 Å². The number of carbonyl (C=O) groups excluding carboxylic acids is 2. The van der Waals surface area contributed by atoms with Gasteiger partial charge in [-0.2, -0.15) is 0 Å². The Morgan fingerprint density at radius 3 is 2.23 bits per heavy atom. The number of ether oxygens (including phenoxy) is 1. The van der Waals surface area contributed by atoms with Gasteiger partial charge in [-0.1, -0.05) is 0 Å². The average Bonchev–Trinajstić information content (AvgIpc) is 1.81. The van der Waals surface area contributed by atoms with Crippen molar-refractivity contribution < 1.29 is 25.2 Å². The summed E-state index contributed by atoms with van der Waals surface area (Å²) in [6.07, 6.45) is -0.250. The summed E-state index contributed by atoms with van der Waals surface area (Å²) in [7, 11) is 0. The third-order valence-electron chi connectivity index (χ3n) is 1.17. The summed E-state index contributed by atoms with van der Waals surface area (Å²) in [6.45, 7) is 5.13. The van der Waals surface area contributed by atoms with Crippen molar-refractivity contribution in [1.29, 1.82) is 0 Å². The van der Waals surface area contributed by atoms with E-state index in [1.54, 1.807) is 20.8 Å². The van der Waals surface area contributed by atoms with E-state index in [4.69, 9.17) is 4.74 Å². The molecule has 13 heavy (non-hydrogen) atoms. The molecule has 0 aromatic heterocycles. The van der Waals surface area contributed by atoms with Gasteiger partial charge in [-0.15, -0.1) is 0 Å². The zero-order valence-electron chi connectivity index (χ0n) is 8.12. The van der Waals surface area contributed by atoms with E-state index in [-0.39, 0.29) is 6.42 Å². The normalized spacial score (nSPS) is 13.5. The van der Waals surface area contributed by atoms with Gasteiger partial charge >= 0.3 is 5.97 Å². The summed E-state index contributed by atoms with van der Waals surface area (Å²) in [4.78, 5) is 21.2. The molecule has 1 atom stereocenters. The van der Waals surface area contributed by atoms with Crippen LogP contribution >= 0.6 is 0 Å². The lowest BCUT2D eigenvalue weighted by Gasteiger charge is -2.20. The van der Waals surface area contributed by atoms with Gasteiger partial charge in [-0.3, -0.25) is 4.79 Å². The molecule has 0 bridgehead atoms. The van der Waals surface area contributed by atoms with Crippen molar-refractivity contribution in [2.45, 2.75) is 38.8 Å². The van der Waals surface area contributed by atoms with Crippen LogP contribution < -0.4 is 10.8 Å². The molecule has 0 rings (SSSR count). The number of aliphatic carboxylic acids is 1. The van der Waals surface area contributed by atoms with Crippen molar-refractivity contribution in [2.75, 3.05) is 0 Å². The van der Waals surface area contributed by atoms with Crippen molar-refractivity contribution in [3.63, 3.8) is 0 Å². The third-order valence-corrected chi connectivity index (χ3v) is 1.17. The predicted octanol–water partition coefficient (Wildman–Crippen LogP) is -1.92. The molecule has 0 unspecified atom stereocenters. The molecular weight excluding hydrogens is 174 g/mol. The second-order valence-electron chi connectivity index (χ2n) is 3.81. The van der Waals surface area contributed by atoms with Crippen LogP contribution in [0, 0.1) is 0 Å². The maximum Gasteiger partial charge on any atom is 0.312 e. The highest BCUT2D eigenvalue weighted by Gasteiger charge is 2.20. The number of hydrogen-bond acceptors (Lipinski definition) is 4. The Hall–Kier alpha value is -1.10. The first-order valence-electron chi connectivity index (χ1n) is 3.98. The van der Waals surface area contributed by atoms with Gasteiger partial charge in [0.2, 0.25) is 0 Å². The molecule has 0 fully saturated rings. The summed E-state index contributed by atoms with van der Waals surface area (Å²) in [5.41, 5.74) is 2.65. The van der Waals surface area contributed by atoms with Crippen molar-refractivity contribution in [1.82, 2.24) is 0 Å². The molecule has 0 saturated carbocycles. The van der Waals surface area contributed by atoms with Crippen LogP contribution in [0.1, 0.15) is 27.2 Å². The lowest BCUT2D eigenvalue weighted by atomic mass is 10.2. The Labute approximate surface area is 76.9 Å². The molecule has 0 aliphatic carbocycles. The number of esters is 1. The van der Waals surface area contributed by atoms with Gasteiger partial charge < -0.3 is 20.4 Å². The van der Waals surface area contributed by atoms with Crippen LogP contribution in [0.4, 0.5) is 0 Å². The first-order chi connectivity index (χ1) is 5.72. The highest BCUT2D eigenvalue weighted by atomic mass is 16.6. The Morgan fingerprint density at radius 2 is 1.92 bits per heavy atom. The summed E-state index contributed by atoms with van der Waals surface area (Å²) in [5, 5.41) is 10.2. The van der Waals surface area contributed by atoms with E-state index in [0.717, 1.165) is 0 Å². The van der Waals surface area contributed by atoms with Crippen molar-refractivity contribution in [3.05, 3.63) is 0 Å². The Bertz CT molecular complexity index is 207. The molecule has 0 aromatic carbocycles. The number of rotatable bonds is 3. The van der Waals surface area contributed by atoms with Crippen molar-refractivity contribution in [2.24, 2.45) is 0 Å². The van der Waals surface area contributed by atoms with Gasteiger partial charge in [0.25, 0.3) is 0 Å². The first-order valence-corrected chi connectivity index (χ1v) is 3.98. The molecule has 0 spiro atoms. The van der Waals surface area contributed by atoms with Crippen LogP contribution in [0.2, 0.25) is 0 Å². The summed E-state index contributed by atoms with van der Waals surface area (Å²) in [6, 6.07) is -1.05. The maximum atomic E-state index is 11.0. The van der Waals surface area contributed by atoms with E-state index in [2.05, 4.69) is 5.73 Å². The lowest BCUT2D eigenvalue weighted by molar-refractivity contribution is -0.437. The topological polar surface area (TPSA) is 94.1 Å². The van der Waals surface area contributed by atoms with E-state index < -0.39 is 23.6 Å². The quantitative estimate of drug-likeness (QED) is 0.523. The van der Waals surface area contributed by atoms with Crippen molar-refractivity contribution >= 4 is 11.9 Å². The predicted molar refractivity (Wildman–Crippen MR) is 42.1 cm³/mol. The fourth-order valence-corrected chi connectivity index (χ4v) is 0.668. The minimum Gasteiger partial charge on any atom is -0.544 e. The number of carbonyl (C=O) groups is 2. The fraction of sp³-hybridized carbons (Fsp3) is 0.750. The van der Waals surface area contributed by atoms with Crippen LogP contribution in [0.5, 0.6) is 0 Å². The number of quaternary nitrogens is 1. The molecule has 0 heterocycles. The second-order valence-corrected chi connectivity index (χ2v) is 3.81. The smallest absolute Gasteiger partial charge is 0.312 e. The zero-order chi connectivity index (χ0) is 10.6. The molecule has 3 N–H and O–H groups in total. The fourth-order valence-electron chi connectivity index (χ4n) is 0.668. The minimum atomic E-state index is -1.34. The largest absolute Gasteiger partial charge is 0.544 e. The van der Waals surface area contributed by atoms with Crippen LogP contribution in [-0.2, 0) is 14.3 Å². The Balaban J connectivity index is 3.96. The highest BCUT2D eigenvalue weighted by molar-refractivity contribution is 5.79. The molecule has 0 aromatic rings. The molecule has 0 radical (unpaired) electrons. The molecule has 5 heteroatoms. The van der Waals surface area contributed by atoms with Crippen LogP contribution in [0.3, 0.4) is 0 Å². The van der Waals surface area contributed by atoms with E-state index in [1.165, 1.54) is 0 Å². The number of carboxylic acid groups (broad SMARTS) is 1. The molecule has 0 saturated heterocycles. The summed E-state index contributed by atoms with van der Waals surface area (Å²) >= 11 is 0. The van der Waals surface area contributed by atoms with Gasteiger partial charge in [-0.05, 0) is 20.8 Å². The van der Waals surface area contributed by atoms with Gasteiger partial charge in [-0.25, -0.2) is 0 Å². The average molecular weight is 189 g/mol. The van der Waals surface area contributed by atoms with E-state index in [1.807, 2.05) is 0 Å². The van der Waals surface area contributed by atoms with Crippen molar-refractivity contribution in [3.8, 4) is 0 Å². The number of carboxylic acids is 1. The van der Waals surface area contributed by atoms with Gasteiger partial charge in [0.05, 0.1) is 5.97 Å². The minimum absolute atomic E-state index is 0.250. The number of hydrogen-bond donors (Lipinski definition) is 1. The molecule has 0 aliphatic rings. The molecule has 0 aliphatic heterocycles. The van der Waals surface area contributed by atoms with Crippen LogP contribution in [0.25, 0.3) is 0 Å². The van der Waals surface area contributed by atoms with Gasteiger partial charge in [0.15, 0.2) is 0 Å². The Kier molecular flexibility index (Phi) is 3.87. The second kappa shape index (κ2) is 4.23. The molecule has 0 amide bonds. The maximum absolute atomic E-state index is 11.0. The summed E-state index contributed by atoms with van der Waals surface area (Å²) < 4.78 is 4.89. The van der Waals surface area contributed by atoms with Gasteiger partial charge in [0.1, 0.15) is 18.1 Å². The summed E-state index contributed by atoms with van der Waals surface area (Å²) in [5.74, 6) is -1.91. The lowest BCUT2D eigenvalue weighted by Crippen LogP contribution is -2.69. The molecule has 5 nitrogen and oxygen atoms in total. The SMILES string of the molecule is CC(C)(C)OC(=O)C[C@@H]([NH3+])C(=O)[O-]. The van der Waals surface area contributed by atoms with Crippen LogP contribution in [-0.4, -0.2) is 23.6 Å². The zero-order valence-corrected chi connectivity index (χ0v) is 8.12. The van der Waals surface area contributed by atoms with E-state index in [9.17, 15) is 14.7 Å². The monoisotopic (exact) mass is 189 g/mol. The molecule has 76 valence electrons. The molecular formula is C8H15NO4. The first kappa shape index (κ1) is 11.9. The standard InChI is InChI=1S/C8H15NO4/c1-8(2,3)13-6(10)4-5(9)7(11)12/h5H,4,9H2,1-3H3,(H,11,12)/t5-/m1/s1. The van der Waals surface area contributed by atoms with E-state index >= 15 is 0 Å². The Morgan fingerprint density at radius 1 is 1.46 bits per heavy atom. The highest BCUT2D eigenvalue weighted by Crippen LogP contribution is 2.08. The third kappa shape index (κ3) is 6.10. The van der Waals surface area contributed by atoms with Crippen LogP contribution in [0.15, 0.2) is 0 Å².